The van der Waals surface area contributed by atoms with Gasteiger partial charge in [-0.15, -0.1) is 0 Å². The number of amides is 1. The fourth-order valence-corrected chi connectivity index (χ4v) is 2.53. The quantitative estimate of drug-likeness (QED) is 0.727. The van der Waals surface area contributed by atoms with E-state index in [0.717, 1.165) is 17.3 Å². The molecule has 2 aromatic carbocycles. The van der Waals surface area contributed by atoms with Crippen molar-refractivity contribution in [2.75, 3.05) is 6.54 Å². The van der Waals surface area contributed by atoms with E-state index in [9.17, 15) is 4.79 Å². The van der Waals surface area contributed by atoms with Crippen LogP contribution in [0.1, 0.15) is 47.7 Å². The Labute approximate surface area is 141 Å². The molecular formula is C19H22BrNO. The fourth-order valence-electron chi connectivity index (χ4n) is 2.27. The normalized spacial score (nSPS) is 10.7. The number of hydrogen-bond acceptors (Lipinski definition) is 1. The topological polar surface area (TPSA) is 29.1 Å². The second kappa shape index (κ2) is 8.14. The summed E-state index contributed by atoms with van der Waals surface area (Å²) >= 11 is 3.37. The highest BCUT2D eigenvalue weighted by Crippen LogP contribution is 2.15. The number of halogens is 1. The van der Waals surface area contributed by atoms with E-state index in [-0.39, 0.29) is 5.91 Å². The molecule has 0 fully saturated rings. The molecule has 1 N–H and O–H groups in total. The predicted molar refractivity (Wildman–Crippen MR) is 95.3 cm³/mol. The minimum absolute atomic E-state index is 0.0114. The lowest BCUT2D eigenvalue weighted by Crippen LogP contribution is -2.24. The second-order valence-corrected chi connectivity index (χ2v) is 6.68. The maximum atomic E-state index is 12.0. The van der Waals surface area contributed by atoms with Crippen LogP contribution in [0.3, 0.4) is 0 Å². The van der Waals surface area contributed by atoms with Crippen LogP contribution < -0.4 is 5.32 Å². The Morgan fingerprint density at radius 3 is 2.27 bits per heavy atom. The highest BCUT2D eigenvalue weighted by atomic mass is 79.9. The summed E-state index contributed by atoms with van der Waals surface area (Å²) in [5.41, 5.74) is 3.39. The Hall–Kier alpha value is -1.61. The van der Waals surface area contributed by atoms with Gasteiger partial charge in [0.05, 0.1) is 0 Å². The highest BCUT2D eigenvalue weighted by Gasteiger charge is 2.04. The first-order valence-corrected chi connectivity index (χ1v) is 8.48. The fraction of sp³-hybridized carbons (Fsp3) is 0.316. The molecule has 1 amide bonds. The van der Waals surface area contributed by atoms with E-state index in [1.807, 2.05) is 24.3 Å². The zero-order valence-corrected chi connectivity index (χ0v) is 14.7. The maximum absolute atomic E-state index is 12.0. The standard InChI is InChI=1S/C19H22BrNO/c1-14(2)16-7-5-15(6-8-16)4-3-13-21-19(22)17-9-11-18(20)12-10-17/h5-12,14H,3-4,13H2,1-2H3,(H,21,22). The van der Waals surface area contributed by atoms with Gasteiger partial charge in [0.1, 0.15) is 0 Å². The van der Waals surface area contributed by atoms with Crippen LogP contribution in [0.5, 0.6) is 0 Å². The molecular weight excluding hydrogens is 338 g/mol. The Morgan fingerprint density at radius 2 is 1.68 bits per heavy atom. The van der Waals surface area contributed by atoms with E-state index >= 15 is 0 Å². The van der Waals surface area contributed by atoms with Crippen LogP contribution in [-0.4, -0.2) is 12.5 Å². The van der Waals surface area contributed by atoms with Crippen molar-refractivity contribution < 1.29 is 4.79 Å². The van der Waals surface area contributed by atoms with E-state index in [1.165, 1.54) is 11.1 Å². The lowest BCUT2D eigenvalue weighted by Gasteiger charge is -2.08. The van der Waals surface area contributed by atoms with Gasteiger partial charge < -0.3 is 5.32 Å². The summed E-state index contributed by atoms with van der Waals surface area (Å²) in [6, 6.07) is 16.2. The van der Waals surface area contributed by atoms with Gasteiger partial charge in [-0.3, -0.25) is 4.79 Å². The summed E-state index contributed by atoms with van der Waals surface area (Å²) in [6.45, 7) is 5.10. The van der Waals surface area contributed by atoms with Crippen LogP contribution in [0, 0.1) is 0 Å². The monoisotopic (exact) mass is 359 g/mol. The van der Waals surface area contributed by atoms with Crippen molar-refractivity contribution in [3.63, 3.8) is 0 Å². The SMILES string of the molecule is CC(C)c1ccc(CCCNC(=O)c2ccc(Br)cc2)cc1. The van der Waals surface area contributed by atoms with Gasteiger partial charge in [0, 0.05) is 16.6 Å². The molecule has 0 spiro atoms. The van der Waals surface area contributed by atoms with Gasteiger partial charge in [-0.25, -0.2) is 0 Å². The molecule has 0 aromatic heterocycles. The molecule has 0 aliphatic rings. The van der Waals surface area contributed by atoms with E-state index in [0.29, 0.717) is 18.0 Å². The number of rotatable bonds is 6. The molecule has 3 heteroatoms. The first-order valence-electron chi connectivity index (χ1n) is 7.69. The molecule has 0 bridgehead atoms. The Morgan fingerprint density at radius 1 is 1.05 bits per heavy atom. The second-order valence-electron chi connectivity index (χ2n) is 5.76. The lowest BCUT2D eigenvalue weighted by molar-refractivity contribution is 0.0953. The van der Waals surface area contributed by atoms with Crippen molar-refractivity contribution in [1.82, 2.24) is 5.32 Å². The van der Waals surface area contributed by atoms with Crippen LogP contribution >= 0.6 is 15.9 Å². The summed E-state index contributed by atoms with van der Waals surface area (Å²) in [6.07, 6.45) is 1.93. The molecule has 116 valence electrons. The van der Waals surface area contributed by atoms with Gasteiger partial charge in [-0.05, 0) is 54.2 Å². The van der Waals surface area contributed by atoms with Crippen molar-refractivity contribution in [3.05, 3.63) is 69.7 Å². The summed E-state index contributed by atoms with van der Waals surface area (Å²) in [4.78, 5) is 12.0. The molecule has 0 saturated heterocycles. The average Bonchev–Trinajstić information content (AvgIpc) is 2.52. The van der Waals surface area contributed by atoms with Gasteiger partial charge >= 0.3 is 0 Å². The summed E-state index contributed by atoms with van der Waals surface area (Å²) in [5.74, 6) is 0.557. The van der Waals surface area contributed by atoms with Crippen molar-refractivity contribution >= 4 is 21.8 Å². The molecule has 22 heavy (non-hydrogen) atoms. The molecule has 0 heterocycles. The molecule has 2 aromatic rings. The van der Waals surface area contributed by atoms with E-state index < -0.39 is 0 Å². The largest absolute Gasteiger partial charge is 0.352 e. The average molecular weight is 360 g/mol. The first kappa shape index (κ1) is 16.8. The molecule has 0 aliphatic heterocycles. The summed E-state index contributed by atoms with van der Waals surface area (Å²) in [7, 11) is 0. The molecule has 0 atom stereocenters. The number of benzene rings is 2. The first-order chi connectivity index (χ1) is 10.6. The third-order valence-corrected chi connectivity index (χ3v) is 4.21. The van der Waals surface area contributed by atoms with E-state index in [4.69, 9.17) is 0 Å². The highest BCUT2D eigenvalue weighted by molar-refractivity contribution is 9.10. The van der Waals surface area contributed by atoms with Crippen molar-refractivity contribution in [3.8, 4) is 0 Å². The zero-order valence-electron chi connectivity index (χ0n) is 13.1. The molecule has 0 radical (unpaired) electrons. The number of hydrogen-bond donors (Lipinski definition) is 1. The van der Waals surface area contributed by atoms with Gasteiger partial charge in [0.2, 0.25) is 0 Å². The van der Waals surface area contributed by atoms with Gasteiger partial charge in [-0.1, -0.05) is 54.0 Å². The van der Waals surface area contributed by atoms with E-state index in [1.54, 1.807) is 0 Å². The molecule has 0 aliphatic carbocycles. The smallest absolute Gasteiger partial charge is 0.251 e. The van der Waals surface area contributed by atoms with Gasteiger partial charge in [0.25, 0.3) is 5.91 Å². The van der Waals surface area contributed by atoms with E-state index in [2.05, 4.69) is 59.4 Å². The number of aryl methyl sites for hydroxylation is 1. The molecule has 2 nitrogen and oxygen atoms in total. The number of carbonyl (C=O) groups is 1. The Balaban J connectivity index is 1.74. The zero-order chi connectivity index (χ0) is 15.9. The maximum Gasteiger partial charge on any atom is 0.251 e. The Kier molecular flexibility index (Phi) is 6.20. The van der Waals surface area contributed by atoms with Crippen molar-refractivity contribution in [2.24, 2.45) is 0 Å². The predicted octanol–water partition coefficient (Wildman–Crippen LogP) is 4.94. The third kappa shape index (κ3) is 4.99. The molecule has 2 rings (SSSR count). The van der Waals surface area contributed by atoms with Crippen LogP contribution in [-0.2, 0) is 6.42 Å². The van der Waals surface area contributed by atoms with Crippen LogP contribution in [0.25, 0.3) is 0 Å². The minimum Gasteiger partial charge on any atom is -0.352 e. The van der Waals surface area contributed by atoms with Crippen molar-refractivity contribution in [1.29, 1.82) is 0 Å². The molecule has 0 saturated carbocycles. The van der Waals surface area contributed by atoms with Crippen LogP contribution in [0.15, 0.2) is 53.0 Å². The van der Waals surface area contributed by atoms with Crippen LogP contribution in [0.2, 0.25) is 0 Å². The lowest BCUT2D eigenvalue weighted by atomic mass is 10.0. The number of nitrogens with one attached hydrogen (secondary N) is 1. The van der Waals surface area contributed by atoms with Crippen LogP contribution in [0.4, 0.5) is 0 Å². The summed E-state index contributed by atoms with van der Waals surface area (Å²) < 4.78 is 0.980. The Bertz CT molecular complexity index is 602. The third-order valence-electron chi connectivity index (χ3n) is 3.68. The van der Waals surface area contributed by atoms with Gasteiger partial charge in [-0.2, -0.15) is 0 Å². The van der Waals surface area contributed by atoms with Gasteiger partial charge in [0.15, 0.2) is 0 Å². The minimum atomic E-state index is -0.0114. The number of carbonyl (C=O) groups excluding carboxylic acids is 1. The summed E-state index contributed by atoms with van der Waals surface area (Å²) in [5, 5.41) is 2.96. The van der Waals surface area contributed by atoms with Crippen molar-refractivity contribution in [2.45, 2.75) is 32.6 Å². The molecule has 0 unspecified atom stereocenters.